The van der Waals surface area contributed by atoms with Crippen molar-refractivity contribution in [3.63, 3.8) is 0 Å². The summed E-state index contributed by atoms with van der Waals surface area (Å²) in [5.74, 6) is -1.98. The van der Waals surface area contributed by atoms with Gasteiger partial charge in [0, 0.05) is 12.3 Å². The van der Waals surface area contributed by atoms with Crippen molar-refractivity contribution in [2.75, 3.05) is 5.32 Å². The molecule has 0 atom stereocenters. The minimum Gasteiger partial charge on any atom is -0.318 e. The van der Waals surface area contributed by atoms with Gasteiger partial charge in [-0.15, -0.1) is 0 Å². The van der Waals surface area contributed by atoms with Crippen molar-refractivity contribution in [2.24, 2.45) is 0 Å². The van der Waals surface area contributed by atoms with Crippen LogP contribution >= 0.6 is 0 Å². The maximum absolute atomic E-state index is 13.8. The number of anilines is 1. The van der Waals surface area contributed by atoms with Crippen LogP contribution in [0.15, 0.2) is 36.5 Å². The van der Waals surface area contributed by atoms with Gasteiger partial charge in [0.15, 0.2) is 0 Å². The first-order valence-electron chi connectivity index (χ1n) is 7.73. The van der Waals surface area contributed by atoms with Crippen LogP contribution < -0.4 is 5.32 Å². The topological polar surface area (TPSA) is 46.4 Å². The fraction of sp³-hybridized carbons (Fsp3) is 0.222. The highest BCUT2D eigenvalue weighted by atomic mass is 19.1. The molecule has 124 valence electrons. The van der Waals surface area contributed by atoms with Crippen LogP contribution in [0.3, 0.4) is 0 Å². The summed E-state index contributed by atoms with van der Waals surface area (Å²) in [5, 5.41) is 2.51. The zero-order valence-corrected chi connectivity index (χ0v) is 13.4. The van der Waals surface area contributed by atoms with Crippen LogP contribution in [0.2, 0.25) is 0 Å². The van der Waals surface area contributed by atoms with E-state index < -0.39 is 17.5 Å². The maximum Gasteiger partial charge on any atom is 0.274 e. The second-order valence-corrected chi connectivity index (χ2v) is 5.67. The lowest BCUT2D eigenvalue weighted by atomic mass is 10.2. The number of nitrogens with zero attached hydrogens (tertiary/aromatic N) is 2. The Bertz CT molecular complexity index is 918. The van der Waals surface area contributed by atoms with Crippen molar-refractivity contribution in [3.8, 4) is 0 Å². The molecule has 2 aromatic heterocycles. The highest BCUT2D eigenvalue weighted by molar-refractivity contribution is 6.04. The average Bonchev–Trinajstić information content (AvgIpc) is 2.87. The number of benzene rings is 1. The van der Waals surface area contributed by atoms with Gasteiger partial charge in [0.2, 0.25) is 0 Å². The number of fused-ring (bicyclic) bond motifs is 1. The number of halogens is 2. The number of pyridine rings is 1. The van der Waals surface area contributed by atoms with Gasteiger partial charge in [-0.3, -0.25) is 9.20 Å². The molecule has 0 aliphatic heterocycles. The summed E-state index contributed by atoms with van der Waals surface area (Å²) in [6.45, 7) is 3.91. The molecule has 4 nitrogen and oxygen atoms in total. The number of aryl methyl sites for hydroxylation is 2. The Balaban J connectivity index is 2.04. The van der Waals surface area contributed by atoms with Crippen molar-refractivity contribution in [2.45, 2.75) is 26.7 Å². The third kappa shape index (κ3) is 2.99. The van der Waals surface area contributed by atoms with Crippen molar-refractivity contribution < 1.29 is 13.6 Å². The Kier molecular flexibility index (Phi) is 4.29. The number of carbonyl (C=O) groups is 1. The second kappa shape index (κ2) is 6.39. The molecule has 1 N–H and O–H groups in total. The van der Waals surface area contributed by atoms with Gasteiger partial charge in [0.05, 0.1) is 11.4 Å². The van der Waals surface area contributed by atoms with Gasteiger partial charge in [-0.1, -0.05) is 19.4 Å². The van der Waals surface area contributed by atoms with Crippen molar-refractivity contribution in [1.82, 2.24) is 9.38 Å². The maximum atomic E-state index is 13.8. The average molecular weight is 329 g/mol. The minimum absolute atomic E-state index is 0.0635. The number of nitrogens with one attached hydrogen (secondary N) is 1. The molecule has 1 aromatic carbocycles. The Hall–Kier alpha value is -2.76. The van der Waals surface area contributed by atoms with Crippen molar-refractivity contribution in [3.05, 3.63) is 65.1 Å². The van der Waals surface area contributed by atoms with Crippen molar-refractivity contribution >= 4 is 17.2 Å². The lowest BCUT2D eigenvalue weighted by Gasteiger charge is -2.08. The molecule has 0 aliphatic carbocycles. The number of rotatable bonds is 4. The van der Waals surface area contributed by atoms with Gasteiger partial charge < -0.3 is 5.32 Å². The Morgan fingerprint density at radius 1 is 1.25 bits per heavy atom. The summed E-state index contributed by atoms with van der Waals surface area (Å²) in [5.41, 5.74) is 2.60. The number of imidazole rings is 1. The van der Waals surface area contributed by atoms with Gasteiger partial charge in [-0.05, 0) is 37.1 Å². The van der Waals surface area contributed by atoms with E-state index in [2.05, 4.69) is 10.3 Å². The smallest absolute Gasteiger partial charge is 0.274 e. The van der Waals surface area contributed by atoms with Crippen LogP contribution in [0.25, 0.3) is 5.65 Å². The molecule has 2 heterocycles. The number of hydrogen-bond donors (Lipinski definition) is 1. The fourth-order valence-corrected chi connectivity index (χ4v) is 2.62. The molecule has 0 saturated heterocycles. The minimum atomic E-state index is -0.814. The van der Waals surface area contributed by atoms with Gasteiger partial charge >= 0.3 is 0 Å². The fourth-order valence-electron chi connectivity index (χ4n) is 2.62. The van der Waals surface area contributed by atoms with E-state index in [1.54, 1.807) is 4.40 Å². The monoisotopic (exact) mass is 329 g/mol. The Morgan fingerprint density at radius 2 is 2.04 bits per heavy atom. The molecule has 0 aliphatic rings. The molecule has 0 unspecified atom stereocenters. The largest absolute Gasteiger partial charge is 0.318 e. The summed E-state index contributed by atoms with van der Waals surface area (Å²) in [6.07, 6.45) is 3.28. The third-order valence-electron chi connectivity index (χ3n) is 3.72. The molecule has 0 saturated carbocycles. The predicted molar refractivity (Wildman–Crippen MR) is 88.2 cm³/mol. The molecule has 0 radical (unpaired) electrons. The molecule has 6 heteroatoms. The molecule has 3 aromatic rings. The molecule has 3 rings (SSSR count). The van der Waals surface area contributed by atoms with E-state index >= 15 is 0 Å². The Labute approximate surface area is 138 Å². The van der Waals surface area contributed by atoms with E-state index in [0.717, 1.165) is 24.1 Å². The molecule has 1 amide bonds. The van der Waals surface area contributed by atoms with E-state index in [1.807, 2.05) is 32.2 Å². The van der Waals surface area contributed by atoms with Crippen molar-refractivity contribution in [1.29, 1.82) is 0 Å². The lowest BCUT2D eigenvalue weighted by molar-refractivity contribution is 0.102. The number of amides is 1. The highest BCUT2D eigenvalue weighted by Gasteiger charge is 2.20. The van der Waals surface area contributed by atoms with Crippen LogP contribution in [0, 0.1) is 18.6 Å². The molecule has 0 bridgehead atoms. The molecule has 0 spiro atoms. The van der Waals surface area contributed by atoms with Gasteiger partial charge in [0.1, 0.15) is 23.0 Å². The van der Waals surface area contributed by atoms with Crippen LogP contribution in [-0.4, -0.2) is 15.3 Å². The van der Waals surface area contributed by atoms with Gasteiger partial charge in [0.25, 0.3) is 5.91 Å². The summed E-state index contributed by atoms with van der Waals surface area (Å²) in [4.78, 5) is 17.2. The van der Waals surface area contributed by atoms with Crippen LogP contribution in [-0.2, 0) is 6.42 Å². The van der Waals surface area contributed by atoms with E-state index in [-0.39, 0.29) is 5.69 Å². The number of aromatic nitrogens is 2. The summed E-state index contributed by atoms with van der Waals surface area (Å²) >= 11 is 0. The lowest BCUT2D eigenvalue weighted by Crippen LogP contribution is -2.17. The quantitative estimate of drug-likeness (QED) is 0.782. The van der Waals surface area contributed by atoms with E-state index in [4.69, 9.17) is 0 Å². The van der Waals surface area contributed by atoms with Crippen LogP contribution in [0.1, 0.15) is 35.1 Å². The zero-order chi connectivity index (χ0) is 17.3. The van der Waals surface area contributed by atoms with E-state index in [0.29, 0.717) is 23.5 Å². The number of carbonyl (C=O) groups excluding carboxylic acids is 1. The third-order valence-corrected chi connectivity index (χ3v) is 3.72. The van der Waals surface area contributed by atoms with E-state index in [1.165, 1.54) is 6.07 Å². The predicted octanol–water partition coefficient (Wildman–Crippen LogP) is 4.13. The van der Waals surface area contributed by atoms with Crippen LogP contribution in [0.5, 0.6) is 0 Å². The summed E-state index contributed by atoms with van der Waals surface area (Å²) in [7, 11) is 0. The normalized spacial score (nSPS) is 11.0. The van der Waals surface area contributed by atoms with Gasteiger partial charge in [-0.2, -0.15) is 0 Å². The highest BCUT2D eigenvalue weighted by Crippen LogP contribution is 2.20. The summed E-state index contributed by atoms with van der Waals surface area (Å²) in [6, 6.07) is 6.80. The molecule has 24 heavy (non-hydrogen) atoms. The molecular formula is C18H17F2N3O. The zero-order valence-electron chi connectivity index (χ0n) is 13.4. The van der Waals surface area contributed by atoms with Crippen LogP contribution in [0.4, 0.5) is 14.5 Å². The SMILES string of the molecule is CCCc1nc2ccc(C)cn2c1C(=O)Nc1ccc(F)cc1F. The van der Waals surface area contributed by atoms with Gasteiger partial charge in [-0.25, -0.2) is 13.8 Å². The Morgan fingerprint density at radius 3 is 2.75 bits per heavy atom. The standard InChI is InChI=1S/C18H17F2N3O/c1-3-4-15-17(23-10-11(2)5-8-16(23)21-15)18(24)22-14-7-6-12(19)9-13(14)20/h5-10H,3-4H2,1-2H3,(H,22,24). The first kappa shape index (κ1) is 16.1. The molecule has 0 fully saturated rings. The first-order valence-corrected chi connectivity index (χ1v) is 7.73. The number of hydrogen-bond acceptors (Lipinski definition) is 2. The van der Waals surface area contributed by atoms with E-state index in [9.17, 15) is 13.6 Å². The first-order chi connectivity index (χ1) is 11.5. The second-order valence-electron chi connectivity index (χ2n) is 5.67. The summed E-state index contributed by atoms with van der Waals surface area (Å²) < 4.78 is 28.5. The molecular weight excluding hydrogens is 312 g/mol.